The van der Waals surface area contributed by atoms with Crippen LogP contribution in [0.1, 0.15) is 34.0 Å². The fraction of sp³-hybridized carbons (Fsp3) is 0.161. The van der Waals surface area contributed by atoms with Crippen molar-refractivity contribution in [2.45, 2.75) is 12.3 Å². The van der Waals surface area contributed by atoms with E-state index >= 15 is 0 Å². The highest BCUT2D eigenvalue weighted by Gasteiger charge is 2.29. The maximum Gasteiger partial charge on any atom is 0.269 e. The molecule has 1 aliphatic rings. The molecule has 5 aromatic rings. The monoisotopic (exact) mass is 503 g/mol. The SMILES string of the molecule is C=C(CN1CCC(c2c[nH]n3c(C(N)=O)c(-c4ccc(Oc5ccccc5)cc4)nc23)C1)c1ccccc1. The third-order valence-corrected chi connectivity index (χ3v) is 7.13. The topological polar surface area (TPSA) is 88.7 Å². The Hall–Kier alpha value is -4.62. The van der Waals surface area contributed by atoms with Gasteiger partial charge in [-0.15, -0.1) is 0 Å². The summed E-state index contributed by atoms with van der Waals surface area (Å²) < 4.78 is 7.62. The van der Waals surface area contributed by atoms with Gasteiger partial charge in [-0.1, -0.05) is 55.1 Å². The highest BCUT2D eigenvalue weighted by atomic mass is 16.5. The number of likely N-dealkylation sites (tertiary alicyclic amines) is 1. The van der Waals surface area contributed by atoms with Crippen LogP contribution in [0.3, 0.4) is 0 Å². The second kappa shape index (κ2) is 10.0. The normalized spacial score (nSPS) is 15.6. The standard InChI is InChI=1S/C31H29N5O2/c1-21(22-8-4-2-5-9-22)19-35-17-16-24(20-35)27-18-33-36-29(30(32)37)28(34-31(27)36)23-12-14-26(15-13-23)38-25-10-6-3-7-11-25/h2-15,18,24,33H,1,16-17,19-20H2,(H2,32,37). The molecule has 3 heterocycles. The average molecular weight is 504 g/mol. The van der Waals surface area contributed by atoms with Crippen molar-refractivity contribution < 1.29 is 9.53 Å². The minimum Gasteiger partial charge on any atom is -0.457 e. The first kappa shape index (κ1) is 23.8. The van der Waals surface area contributed by atoms with Crippen molar-refractivity contribution in [3.05, 3.63) is 115 Å². The maximum atomic E-state index is 12.5. The van der Waals surface area contributed by atoms with Gasteiger partial charge >= 0.3 is 0 Å². The van der Waals surface area contributed by atoms with E-state index in [0.29, 0.717) is 23.1 Å². The molecule has 1 aliphatic heterocycles. The van der Waals surface area contributed by atoms with Crippen LogP contribution in [0.15, 0.2) is 97.7 Å². The van der Waals surface area contributed by atoms with Gasteiger partial charge in [-0.2, -0.15) is 0 Å². The molecule has 0 saturated carbocycles. The molecule has 190 valence electrons. The third-order valence-electron chi connectivity index (χ3n) is 7.13. The van der Waals surface area contributed by atoms with E-state index in [1.54, 1.807) is 4.52 Å². The number of imidazole rings is 1. The molecule has 6 rings (SSSR count). The minimum absolute atomic E-state index is 0.296. The van der Waals surface area contributed by atoms with Gasteiger partial charge in [0.05, 0.1) is 0 Å². The summed E-state index contributed by atoms with van der Waals surface area (Å²) in [4.78, 5) is 19.8. The largest absolute Gasteiger partial charge is 0.457 e. The number of ether oxygens (including phenoxy) is 1. The summed E-state index contributed by atoms with van der Waals surface area (Å²) in [7, 11) is 0. The number of amides is 1. The molecule has 1 atom stereocenters. The number of hydrogen-bond acceptors (Lipinski definition) is 4. The summed E-state index contributed by atoms with van der Waals surface area (Å²) >= 11 is 0. The molecule has 0 radical (unpaired) electrons. The summed E-state index contributed by atoms with van der Waals surface area (Å²) in [5, 5.41) is 3.22. The number of rotatable bonds is 8. The Kier molecular flexibility index (Phi) is 6.27. The van der Waals surface area contributed by atoms with Gasteiger partial charge in [-0.05, 0) is 60.5 Å². The van der Waals surface area contributed by atoms with Crippen molar-refractivity contribution >= 4 is 17.1 Å². The van der Waals surface area contributed by atoms with Crippen LogP contribution < -0.4 is 10.5 Å². The second-order valence-corrected chi connectivity index (χ2v) is 9.69. The number of aromatic amines is 1. The van der Waals surface area contributed by atoms with Crippen molar-refractivity contribution in [1.29, 1.82) is 0 Å². The molecular weight excluding hydrogens is 474 g/mol. The molecule has 1 fully saturated rings. The lowest BCUT2D eigenvalue weighted by Crippen LogP contribution is -2.22. The molecule has 1 amide bonds. The van der Waals surface area contributed by atoms with Crippen LogP contribution in [0.5, 0.6) is 11.5 Å². The summed E-state index contributed by atoms with van der Waals surface area (Å²) in [6, 6.07) is 27.5. The molecule has 3 aromatic carbocycles. The number of nitrogens with two attached hydrogens (primary N) is 1. The van der Waals surface area contributed by atoms with Crippen molar-refractivity contribution in [3.8, 4) is 22.8 Å². The predicted molar refractivity (Wildman–Crippen MR) is 149 cm³/mol. The zero-order valence-electron chi connectivity index (χ0n) is 21.0. The van der Waals surface area contributed by atoms with Crippen molar-refractivity contribution in [1.82, 2.24) is 19.5 Å². The number of nitrogens with zero attached hydrogens (tertiary/aromatic N) is 3. The fourth-order valence-corrected chi connectivity index (χ4v) is 5.24. The number of primary amides is 1. The van der Waals surface area contributed by atoms with Gasteiger partial charge in [0.1, 0.15) is 17.2 Å². The molecule has 3 N–H and O–H groups in total. The Morgan fingerprint density at radius 2 is 1.68 bits per heavy atom. The number of hydrogen-bond donors (Lipinski definition) is 2. The number of carbonyl (C=O) groups is 1. The first-order chi connectivity index (χ1) is 18.6. The lowest BCUT2D eigenvalue weighted by Gasteiger charge is -2.17. The van der Waals surface area contributed by atoms with Gasteiger partial charge in [0.25, 0.3) is 5.91 Å². The summed E-state index contributed by atoms with van der Waals surface area (Å²) in [5.41, 5.74) is 11.7. The van der Waals surface area contributed by atoms with E-state index in [-0.39, 0.29) is 0 Å². The Labute approximate surface area is 221 Å². The molecule has 0 aliphatic carbocycles. The predicted octanol–water partition coefficient (Wildman–Crippen LogP) is 5.72. The number of para-hydroxylation sites is 1. The van der Waals surface area contributed by atoms with Crippen LogP contribution in [-0.2, 0) is 0 Å². The Balaban J connectivity index is 1.24. The number of fused-ring (bicyclic) bond motifs is 1. The smallest absolute Gasteiger partial charge is 0.269 e. The van der Waals surface area contributed by atoms with E-state index in [1.807, 2.05) is 79.0 Å². The zero-order chi connectivity index (χ0) is 26.1. The highest BCUT2D eigenvalue weighted by molar-refractivity contribution is 5.98. The molecule has 2 aromatic heterocycles. The number of benzene rings is 3. The van der Waals surface area contributed by atoms with E-state index in [1.165, 1.54) is 5.56 Å². The van der Waals surface area contributed by atoms with Gasteiger partial charge in [0, 0.05) is 36.3 Å². The van der Waals surface area contributed by atoms with Gasteiger partial charge in [-0.25, -0.2) is 9.50 Å². The Morgan fingerprint density at radius 3 is 2.39 bits per heavy atom. The molecule has 38 heavy (non-hydrogen) atoms. The fourth-order valence-electron chi connectivity index (χ4n) is 5.24. The molecule has 7 nitrogen and oxygen atoms in total. The van der Waals surface area contributed by atoms with Gasteiger partial charge < -0.3 is 10.5 Å². The summed E-state index contributed by atoms with van der Waals surface area (Å²) in [6.45, 7) is 7.00. The average Bonchev–Trinajstić information content (AvgIpc) is 3.65. The Morgan fingerprint density at radius 1 is 1.00 bits per heavy atom. The first-order valence-electron chi connectivity index (χ1n) is 12.8. The minimum atomic E-state index is -0.530. The van der Waals surface area contributed by atoms with Crippen molar-refractivity contribution in [2.75, 3.05) is 19.6 Å². The number of H-pyrrole nitrogens is 1. The number of aromatic nitrogens is 3. The molecule has 0 spiro atoms. The van der Waals surface area contributed by atoms with Crippen LogP contribution in [-0.4, -0.2) is 45.0 Å². The molecule has 1 unspecified atom stereocenters. The van der Waals surface area contributed by atoms with E-state index in [9.17, 15) is 4.79 Å². The van der Waals surface area contributed by atoms with E-state index in [0.717, 1.165) is 54.2 Å². The highest BCUT2D eigenvalue weighted by Crippen LogP contribution is 2.34. The van der Waals surface area contributed by atoms with E-state index < -0.39 is 5.91 Å². The zero-order valence-corrected chi connectivity index (χ0v) is 21.0. The van der Waals surface area contributed by atoms with Crippen molar-refractivity contribution in [2.24, 2.45) is 5.73 Å². The van der Waals surface area contributed by atoms with Gasteiger partial charge in [-0.3, -0.25) is 14.8 Å². The summed E-state index contributed by atoms with van der Waals surface area (Å²) in [6.07, 6.45) is 2.96. The van der Waals surface area contributed by atoms with Gasteiger partial charge in [0.15, 0.2) is 11.3 Å². The Bertz CT molecular complexity index is 1590. The maximum absolute atomic E-state index is 12.5. The van der Waals surface area contributed by atoms with E-state index in [4.69, 9.17) is 15.5 Å². The number of nitrogens with one attached hydrogen (secondary N) is 1. The lowest BCUT2D eigenvalue weighted by molar-refractivity contribution is 0.0994. The van der Waals surface area contributed by atoms with E-state index in [2.05, 4.69) is 28.7 Å². The number of carbonyl (C=O) groups excluding carboxylic acids is 1. The molecule has 1 saturated heterocycles. The first-order valence-corrected chi connectivity index (χ1v) is 12.8. The van der Waals surface area contributed by atoms with Gasteiger partial charge in [0.2, 0.25) is 0 Å². The third kappa shape index (κ3) is 4.60. The molecule has 7 heteroatoms. The van der Waals surface area contributed by atoms with Crippen molar-refractivity contribution in [3.63, 3.8) is 0 Å². The quantitative estimate of drug-likeness (QED) is 0.283. The lowest BCUT2D eigenvalue weighted by atomic mass is 10.0. The van der Waals surface area contributed by atoms with Crippen LogP contribution in [0.4, 0.5) is 0 Å². The summed E-state index contributed by atoms with van der Waals surface area (Å²) in [5.74, 6) is 1.23. The van der Waals surface area contributed by atoms with Crippen LogP contribution in [0.2, 0.25) is 0 Å². The second-order valence-electron chi connectivity index (χ2n) is 9.69. The molecular formula is C31H29N5O2. The van der Waals surface area contributed by atoms with Crippen LogP contribution in [0, 0.1) is 0 Å². The molecule has 0 bridgehead atoms. The van der Waals surface area contributed by atoms with Crippen LogP contribution >= 0.6 is 0 Å². The van der Waals surface area contributed by atoms with Crippen LogP contribution in [0.25, 0.3) is 22.5 Å².